The molecule has 1 fully saturated rings. The highest BCUT2D eigenvalue weighted by Crippen LogP contribution is 2.40. The van der Waals surface area contributed by atoms with Crippen LogP contribution in [0.2, 0.25) is 0 Å². The molecule has 0 atom stereocenters. The topological polar surface area (TPSA) is 118 Å². The van der Waals surface area contributed by atoms with E-state index in [9.17, 15) is 8.42 Å². The van der Waals surface area contributed by atoms with Crippen molar-refractivity contribution >= 4 is 26.8 Å². The minimum Gasteiger partial charge on any atom is -0.495 e. The van der Waals surface area contributed by atoms with E-state index in [4.69, 9.17) is 18.7 Å². The van der Waals surface area contributed by atoms with E-state index in [1.807, 2.05) is 18.3 Å². The summed E-state index contributed by atoms with van der Waals surface area (Å²) in [4.78, 5) is -0.133. The highest BCUT2D eigenvalue weighted by atomic mass is 32.2. The van der Waals surface area contributed by atoms with Crippen molar-refractivity contribution in [3.63, 3.8) is 0 Å². The third-order valence-corrected chi connectivity index (χ3v) is 6.60. The molecule has 0 unspecified atom stereocenters. The lowest BCUT2D eigenvalue weighted by molar-refractivity contribution is 0.306. The fourth-order valence-electron chi connectivity index (χ4n) is 3.55. The Labute approximate surface area is 190 Å². The maximum atomic E-state index is 13.3. The first kappa shape index (κ1) is 21.1. The highest BCUT2D eigenvalue weighted by Gasteiger charge is 2.30. The van der Waals surface area contributed by atoms with Crippen molar-refractivity contribution in [1.82, 2.24) is 14.9 Å². The molecule has 0 saturated heterocycles. The zero-order valence-corrected chi connectivity index (χ0v) is 18.8. The molecule has 1 saturated carbocycles. The predicted molar refractivity (Wildman–Crippen MR) is 119 cm³/mol. The molecule has 10 nitrogen and oxygen atoms in total. The van der Waals surface area contributed by atoms with Crippen molar-refractivity contribution in [2.24, 2.45) is 0 Å². The number of nitrogens with zero attached hydrogens (tertiary/aromatic N) is 3. The summed E-state index contributed by atoms with van der Waals surface area (Å²) in [5.74, 6) is 0.818. The van der Waals surface area contributed by atoms with Gasteiger partial charge in [-0.2, -0.15) is 5.10 Å². The van der Waals surface area contributed by atoms with Crippen LogP contribution in [0.3, 0.4) is 0 Å². The maximum absolute atomic E-state index is 13.3. The molecule has 1 aliphatic rings. The van der Waals surface area contributed by atoms with Crippen LogP contribution < -0.4 is 18.9 Å². The Morgan fingerprint density at radius 1 is 1.12 bits per heavy atom. The standard InChI is InChI=1S/C22H22N4O6S/c1-29-16-5-3-6-17(30-2)21(16)33(27,28)25-22-20-18(31-15-7-8-15)11-14(12-19(20)32-24-22)13-26-10-4-9-23-26/h3-6,9-12,15H,7-8,13H2,1-2H3,(H,24,25). The van der Waals surface area contributed by atoms with Gasteiger partial charge in [-0.15, -0.1) is 0 Å². The largest absolute Gasteiger partial charge is 0.495 e. The lowest BCUT2D eigenvalue weighted by Crippen LogP contribution is -2.16. The Hall–Kier alpha value is -3.73. The number of fused-ring (bicyclic) bond motifs is 1. The molecule has 0 radical (unpaired) electrons. The average molecular weight is 471 g/mol. The first-order valence-electron chi connectivity index (χ1n) is 10.3. The van der Waals surface area contributed by atoms with Gasteiger partial charge in [0, 0.05) is 12.4 Å². The maximum Gasteiger partial charge on any atom is 0.270 e. The molecule has 0 aliphatic heterocycles. The molecule has 1 N–H and O–H groups in total. The number of anilines is 1. The molecule has 2 aromatic carbocycles. The molecule has 4 aromatic rings. The normalized spacial score (nSPS) is 13.8. The van der Waals surface area contributed by atoms with Crippen molar-refractivity contribution in [2.45, 2.75) is 30.4 Å². The number of methoxy groups -OCH3 is 2. The summed E-state index contributed by atoms with van der Waals surface area (Å²) in [5.41, 5.74) is 1.29. The number of rotatable bonds is 9. The fraction of sp³-hybridized carbons (Fsp3) is 0.273. The van der Waals surface area contributed by atoms with E-state index in [1.165, 1.54) is 14.2 Å². The zero-order chi connectivity index (χ0) is 23.0. The number of ether oxygens (including phenoxy) is 3. The second-order valence-corrected chi connectivity index (χ2v) is 9.24. The molecule has 2 heterocycles. The summed E-state index contributed by atoms with van der Waals surface area (Å²) in [6.45, 7) is 0.504. The molecule has 11 heteroatoms. The lowest BCUT2D eigenvalue weighted by atomic mass is 10.1. The SMILES string of the molecule is COc1cccc(OC)c1S(=O)(=O)Nc1noc2cc(Cn3cccn3)cc(OC3CC3)c12. The Balaban J connectivity index is 1.56. The van der Waals surface area contributed by atoms with Crippen molar-refractivity contribution in [3.8, 4) is 17.2 Å². The van der Waals surface area contributed by atoms with Gasteiger partial charge in [-0.1, -0.05) is 11.2 Å². The van der Waals surface area contributed by atoms with Gasteiger partial charge in [-0.25, -0.2) is 8.42 Å². The fourth-order valence-corrected chi connectivity index (χ4v) is 4.88. The molecule has 2 aromatic heterocycles. The molecule has 1 aliphatic carbocycles. The van der Waals surface area contributed by atoms with E-state index >= 15 is 0 Å². The summed E-state index contributed by atoms with van der Waals surface area (Å²) in [6.07, 6.45) is 5.52. The summed E-state index contributed by atoms with van der Waals surface area (Å²) in [7, 11) is -1.35. The van der Waals surface area contributed by atoms with Gasteiger partial charge >= 0.3 is 0 Å². The lowest BCUT2D eigenvalue weighted by Gasteiger charge is -2.14. The zero-order valence-electron chi connectivity index (χ0n) is 18.0. The van der Waals surface area contributed by atoms with Gasteiger partial charge in [0.2, 0.25) is 0 Å². The van der Waals surface area contributed by atoms with Crippen LogP contribution in [0, 0.1) is 0 Å². The van der Waals surface area contributed by atoms with Crippen LogP contribution in [0.4, 0.5) is 5.82 Å². The van der Waals surface area contributed by atoms with Gasteiger partial charge in [0.25, 0.3) is 10.0 Å². The van der Waals surface area contributed by atoms with E-state index in [0.717, 1.165) is 18.4 Å². The second-order valence-electron chi connectivity index (χ2n) is 7.62. The Bertz CT molecular complexity index is 1370. The number of sulfonamides is 1. The minimum atomic E-state index is -4.13. The van der Waals surface area contributed by atoms with Gasteiger partial charge < -0.3 is 18.7 Å². The summed E-state index contributed by atoms with van der Waals surface area (Å²) < 4.78 is 53.0. The van der Waals surface area contributed by atoms with Crippen molar-refractivity contribution in [1.29, 1.82) is 0 Å². The number of hydrogen-bond acceptors (Lipinski definition) is 8. The van der Waals surface area contributed by atoms with Crippen LogP contribution in [0.5, 0.6) is 17.2 Å². The number of benzene rings is 2. The van der Waals surface area contributed by atoms with Crippen LogP contribution in [-0.4, -0.2) is 43.7 Å². The van der Waals surface area contributed by atoms with E-state index in [-0.39, 0.29) is 28.3 Å². The molecule has 172 valence electrons. The monoisotopic (exact) mass is 470 g/mol. The highest BCUT2D eigenvalue weighted by molar-refractivity contribution is 7.93. The molecule has 0 amide bonds. The molecule has 5 rings (SSSR count). The van der Waals surface area contributed by atoms with E-state index in [2.05, 4.69) is 15.0 Å². The number of hydrogen-bond donors (Lipinski definition) is 1. The second kappa shape index (κ2) is 8.32. The van der Waals surface area contributed by atoms with E-state index in [0.29, 0.717) is 23.3 Å². The van der Waals surface area contributed by atoms with Gasteiger partial charge in [0.1, 0.15) is 22.6 Å². The van der Waals surface area contributed by atoms with Gasteiger partial charge in [0.05, 0.1) is 26.9 Å². The van der Waals surface area contributed by atoms with Crippen LogP contribution >= 0.6 is 0 Å². The Morgan fingerprint density at radius 3 is 2.52 bits per heavy atom. The van der Waals surface area contributed by atoms with Gasteiger partial charge in [-0.05, 0) is 48.7 Å². The third kappa shape index (κ3) is 4.19. The van der Waals surface area contributed by atoms with E-state index in [1.54, 1.807) is 35.1 Å². The van der Waals surface area contributed by atoms with Crippen molar-refractivity contribution in [3.05, 3.63) is 54.4 Å². The van der Waals surface area contributed by atoms with Crippen LogP contribution in [0.1, 0.15) is 18.4 Å². The molecule has 0 spiro atoms. The summed E-state index contributed by atoms with van der Waals surface area (Å²) in [5, 5.41) is 8.67. The third-order valence-electron chi connectivity index (χ3n) is 5.20. The average Bonchev–Trinajstić information content (AvgIpc) is 3.30. The van der Waals surface area contributed by atoms with Gasteiger partial charge in [-0.3, -0.25) is 9.40 Å². The minimum absolute atomic E-state index is 0.0271. The van der Waals surface area contributed by atoms with Crippen molar-refractivity contribution < 1.29 is 27.2 Å². The van der Waals surface area contributed by atoms with E-state index < -0.39 is 10.0 Å². The number of aromatic nitrogens is 3. The quantitative estimate of drug-likeness (QED) is 0.395. The van der Waals surface area contributed by atoms with Gasteiger partial charge in [0.15, 0.2) is 16.3 Å². The predicted octanol–water partition coefficient (Wildman–Crippen LogP) is 3.43. The Kier molecular flexibility index (Phi) is 5.33. The molecule has 0 bridgehead atoms. The first-order chi connectivity index (χ1) is 16.0. The van der Waals surface area contributed by atoms with Crippen LogP contribution in [0.25, 0.3) is 11.0 Å². The summed E-state index contributed by atoms with van der Waals surface area (Å²) >= 11 is 0. The van der Waals surface area contributed by atoms with Crippen LogP contribution in [-0.2, 0) is 16.6 Å². The summed E-state index contributed by atoms with van der Waals surface area (Å²) in [6, 6.07) is 10.2. The molecular formula is C22H22N4O6S. The first-order valence-corrected chi connectivity index (χ1v) is 11.8. The molecule has 33 heavy (non-hydrogen) atoms. The molecular weight excluding hydrogens is 448 g/mol. The Morgan fingerprint density at radius 2 is 1.88 bits per heavy atom. The smallest absolute Gasteiger partial charge is 0.270 e. The van der Waals surface area contributed by atoms with Crippen LogP contribution in [0.15, 0.2) is 58.2 Å². The van der Waals surface area contributed by atoms with Crippen molar-refractivity contribution in [2.75, 3.05) is 18.9 Å². The number of nitrogens with one attached hydrogen (secondary N) is 1.